The lowest BCUT2D eigenvalue weighted by molar-refractivity contribution is 0.424. The van der Waals surface area contributed by atoms with Gasteiger partial charge >= 0.3 is 0 Å². The van der Waals surface area contributed by atoms with Gasteiger partial charge in [-0.2, -0.15) is 5.26 Å². The maximum atomic E-state index is 13.5. The van der Waals surface area contributed by atoms with Gasteiger partial charge in [0.2, 0.25) is 0 Å². The van der Waals surface area contributed by atoms with Crippen LogP contribution in [0.4, 0.5) is 14.6 Å². The number of halogens is 2. The maximum Gasteiger partial charge on any atom is 0.163 e. The lowest BCUT2D eigenvalue weighted by Crippen LogP contribution is -2.43. The van der Waals surface area contributed by atoms with Gasteiger partial charge in [0, 0.05) is 12.6 Å². The Bertz CT molecular complexity index is 736. The third kappa shape index (κ3) is 3.66. The highest BCUT2D eigenvalue weighted by atomic mass is 19.2. The molecule has 0 aliphatic carbocycles. The maximum absolute atomic E-state index is 13.5. The van der Waals surface area contributed by atoms with Crippen LogP contribution in [0.25, 0.3) is 0 Å². The Morgan fingerprint density at radius 2 is 1.92 bits per heavy atom. The Balaban J connectivity index is 1.88. The first-order valence-corrected chi connectivity index (χ1v) is 7.82. The van der Waals surface area contributed by atoms with Crippen LogP contribution in [0.3, 0.4) is 0 Å². The highest BCUT2D eigenvalue weighted by Gasteiger charge is 2.23. The highest BCUT2D eigenvalue weighted by molar-refractivity contribution is 5.41. The molecule has 1 aliphatic heterocycles. The van der Waals surface area contributed by atoms with Gasteiger partial charge < -0.3 is 10.2 Å². The Hall–Kier alpha value is -2.59. The zero-order chi connectivity index (χ0) is 16.9. The van der Waals surface area contributed by atoms with Crippen LogP contribution in [-0.2, 0) is 6.54 Å². The van der Waals surface area contributed by atoms with Crippen molar-refractivity contribution in [3.8, 4) is 6.07 Å². The number of aromatic nitrogens is 2. The number of nitrogens with zero attached hydrogens (tertiary/aromatic N) is 4. The molecule has 24 heavy (non-hydrogen) atoms. The molecule has 1 fully saturated rings. The van der Waals surface area contributed by atoms with Crippen molar-refractivity contribution in [1.82, 2.24) is 15.5 Å². The van der Waals surface area contributed by atoms with Crippen molar-refractivity contribution >= 4 is 5.82 Å². The number of hydrogen-bond donors (Lipinski definition) is 1. The van der Waals surface area contributed by atoms with Crippen molar-refractivity contribution in [2.24, 2.45) is 0 Å². The average Bonchev–Trinajstić information content (AvgIpc) is 2.63. The number of piperidine rings is 1. The van der Waals surface area contributed by atoms with Gasteiger partial charge in [0.1, 0.15) is 6.07 Å². The molecule has 0 unspecified atom stereocenters. The summed E-state index contributed by atoms with van der Waals surface area (Å²) in [6.45, 7) is 2.19. The van der Waals surface area contributed by atoms with E-state index in [0.29, 0.717) is 17.9 Å². The molecule has 2 heterocycles. The van der Waals surface area contributed by atoms with Crippen molar-refractivity contribution in [3.05, 3.63) is 53.2 Å². The molecule has 0 atom stereocenters. The third-order valence-electron chi connectivity index (χ3n) is 4.15. The third-order valence-corrected chi connectivity index (χ3v) is 4.15. The molecule has 7 heteroatoms. The standard InChI is InChI=1S/C17H17F2N5/c18-15-3-1-12(9-16(15)19)11-24(14-5-7-21-8-6-14)17-4-2-13(10-20)22-23-17/h1-4,9,14,21H,5-8,11H2. The SMILES string of the molecule is N#Cc1ccc(N(Cc2ccc(F)c(F)c2)C2CCNCC2)nn1. The van der Waals surface area contributed by atoms with Crippen molar-refractivity contribution < 1.29 is 8.78 Å². The zero-order valence-corrected chi connectivity index (χ0v) is 13.0. The van der Waals surface area contributed by atoms with E-state index in [-0.39, 0.29) is 11.7 Å². The van der Waals surface area contributed by atoms with E-state index in [1.807, 2.05) is 11.0 Å². The Labute approximate surface area is 138 Å². The molecule has 3 rings (SSSR count). The molecule has 2 aromatic rings. The summed E-state index contributed by atoms with van der Waals surface area (Å²) in [5, 5.41) is 20.2. The molecule has 0 amide bonds. The monoisotopic (exact) mass is 329 g/mol. The molecule has 0 bridgehead atoms. The van der Waals surface area contributed by atoms with E-state index in [1.54, 1.807) is 18.2 Å². The number of nitrogens with one attached hydrogen (secondary N) is 1. The molecule has 1 aromatic carbocycles. The lowest BCUT2D eigenvalue weighted by atomic mass is 10.0. The van der Waals surface area contributed by atoms with E-state index in [2.05, 4.69) is 15.5 Å². The van der Waals surface area contributed by atoms with Gasteiger partial charge in [0.15, 0.2) is 23.1 Å². The first kappa shape index (κ1) is 16.3. The quantitative estimate of drug-likeness (QED) is 0.933. The van der Waals surface area contributed by atoms with E-state index >= 15 is 0 Å². The number of nitriles is 1. The molecule has 124 valence electrons. The molecule has 0 saturated carbocycles. The predicted molar refractivity (Wildman–Crippen MR) is 85.2 cm³/mol. The summed E-state index contributed by atoms with van der Waals surface area (Å²) >= 11 is 0. The topological polar surface area (TPSA) is 64.8 Å². The Kier molecular flexibility index (Phi) is 4.96. The van der Waals surface area contributed by atoms with E-state index in [4.69, 9.17) is 5.26 Å². The summed E-state index contributed by atoms with van der Waals surface area (Å²) in [4.78, 5) is 2.04. The van der Waals surface area contributed by atoms with E-state index in [1.165, 1.54) is 6.07 Å². The van der Waals surface area contributed by atoms with Gasteiger partial charge in [0.25, 0.3) is 0 Å². The Morgan fingerprint density at radius 3 is 2.54 bits per heavy atom. The minimum atomic E-state index is -0.858. The second-order valence-corrected chi connectivity index (χ2v) is 5.75. The first-order valence-electron chi connectivity index (χ1n) is 7.82. The van der Waals surface area contributed by atoms with Crippen LogP contribution >= 0.6 is 0 Å². The molecule has 5 nitrogen and oxygen atoms in total. The zero-order valence-electron chi connectivity index (χ0n) is 13.0. The summed E-state index contributed by atoms with van der Waals surface area (Å²) in [7, 11) is 0. The van der Waals surface area contributed by atoms with Crippen molar-refractivity contribution in [1.29, 1.82) is 5.26 Å². The summed E-state index contributed by atoms with van der Waals surface area (Å²) in [6.07, 6.45) is 1.84. The lowest BCUT2D eigenvalue weighted by Gasteiger charge is -2.35. The van der Waals surface area contributed by atoms with Crippen LogP contribution in [0, 0.1) is 23.0 Å². The smallest absolute Gasteiger partial charge is 0.163 e. The minimum absolute atomic E-state index is 0.224. The fourth-order valence-corrected chi connectivity index (χ4v) is 2.89. The van der Waals surface area contributed by atoms with Crippen LogP contribution in [0.2, 0.25) is 0 Å². The fraction of sp³-hybridized carbons (Fsp3) is 0.353. The van der Waals surface area contributed by atoms with E-state index in [9.17, 15) is 8.78 Å². The van der Waals surface area contributed by atoms with Gasteiger partial charge in [-0.3, -0.25) is 0 Å². The fourth-order valence-electron chi connectivity index (χ4n) is 2.89. The molecular weight excluding hydrogens is 312 g/mol. The second kappa shape index (κ2) is 7.32. The number of rotatable bonds is 4. The second-order valence-electron chi connectivity index (χ2n) is 5.75. The van der Waals surface area contributed by atoms with Crippen LogP contribution in [0.15, 0.2) is 30.3 Å². The normalized spacial score (nSPS) is 15.0. The van der Waals surface area contributed by atoms with Crippen molar-refractivity contribution in [3.63, 3.8) is 0 Å². The first-order chi connectivity index (χ1) is 11.7. The predicted octanol–water partition coefficient (Wildman–Crippen LogP) is 2.39. The highest BCUT2D eigenvalue weighted by Crippen LogP contribution is 2.23. The number of anilines is 1. The molecule has 1 aliphatic rings. The van der Waals surface area contributed by atoms with Crippen LogP contribution in [-0.4, -0.2) is 29.3 Å². The summed E-state index contributed by atoms with van der Waals surface area (Å²) in [5.41, 5.74) is 0.912. The van der Waals surface area contributed by atoms with E-state index in [0.717, 1.165) is 32.0 Å². The number of benzene rings is 1. The molecule has 0 radical (unpaired) electrons. The van der Waals surface area contributed by atoms with Crippen LogP contribution in [0.1, 0.15) is 24.1 Å². The molecular formula is C17H17F2N5. The molecule has 1 saturated heterocycles. The van der Waals surface area contributed by atoms with Crippen LogP contribution < -0.4 is 10.2 Å². The summed E-state index contributed by atoms with van der Waals surface area (Å²) in [6, 6.07) is 9.44. The largest absolute Gasteiger partial charge is 0.348 e. The van der Waals surface area contributed by atoms with Gasteiger partial charge in [-0.15, -0.1) is 10.2 Å². The number of hydrogen-bond acceptors (Lipinski definition) is 5. The summed E-state index contributed by atoms with van der Waals surface area (Å²) < 4.78 is 26.7. The van der Waals surface area contributed by atoms with E-state index < -0.39 is 11.6 Å². The Morgan fingerprint density at radius 1 is 1.12 bits per heavy atom. The molecule has 1 aromatic heterocycles. The molecule has 1 N–H and O–H groups in total. The van der Waals surface area contributed by atoms with Crippen molar-refractivity contribution in [2.45, 2.75) is 25.4 Å². The van der Waals surface area contributed by atoms with Gasteiger partial charge in [0.05, 0.1) is 0 Å². The average molecular weight is 329 g/mol. The molecule has 0 spiro atoms. The summed E-state index contributed by atoms with van der Waals surface area (Å²) in [5.74, 6) is -1.08. The minimum Gasteiger partial charge on any atom is -0.348 e. The van der Waals surface area contributed by atoms with Gasteiger partial charge in [-0.1, -0.05) is 6.07 Å². The van der Waals surface area contributed by atoms with Gasteiger partial charge in [-0.25, -0.2) is 8.78 Å². The van der Waals surface area contributed by atoms with Gasteiger partial charge in [-0.05, 0) is 55.8 Å². The van der Waals surface area contributed by atoms with Crippen LogP contribution in [0.5, 0.6) is 0 Å². The van der Waals surface area contributed by atoms with Crippen molar-refractivity contribution in [2.75, 3.05) is 18.0 Å².